The first kappa shape index (κ1) is 12.4. The van der Waals surface area contributed by atoms with Crippen LogP contribution in [0.5, 0.6) is 0 Å². The SMILES string of the molecule is CC1CN(S(=O)(=O)CC(=O)O)CCN1C. The van der Waals surface area contributed by atoms with Gasteiger partial charge in [-0.05, 0) is 14.0 Å². The number of nitrogens with zero attached hydrogens (tertiary/aromatic N) is 2. The maximum atomic E-state index is 11.6. The van der Waals surface area contributed by atoms with Crippen molar-refractivity contribution in [3.05, 3.63) is 0 Å². The molecule has 6 nitrogen and oxygen atoms in total. The fraction of sp³-hybridized carbons (Fsp3) is 0.875. The second-order valence-corrected chi connectivity index (χ2v) is 5.81. The minimum atomic E-state index is -3.63. The summed E-state index contributed by atoms with van der Waals surface area (Å²) in [6, 6.07) is 0.127. The lowest BCUT2D eigenvalue weighted by Crippen LogP contribution is -2.52. The molecule has 15 heavy (non-hydrogen) atoms. The smallest absolute Gasteiger partial charge is 0.320 e. The molecule has 0 radical (unpaired) electrons. The van der Waals surface area contributed by atoms with Gasteiger partial charge in [-0.3, -0.25) is 4.79 Å². The van der Waals surface area contributed by atoms with E-state index in [1.807, 2.05) is 18.9 Å². The molecule has 1 fully saturated rings. The molecule has 0 aromatic rings. The Morgan fingerprint density at radius 1 is 1.47 bits per heavy atom. The van der Waals surface area contributed by atoms with Crippen LogP contribution in [0.3, 0.4) is 0 Å². The topological polar surface area (TPSA) is 77.9 Å². The van der Waals surface area contributed by atoms with Gasteiger partial charge in [-0.1, -0.05) is 0 Å². The third-order valence-electron chi connectivity index (χ3n) is 2.62. The lowest BCUT2D eigenvalue weighted by atomic mass is 10.2. The number of hydrogen-bond donors (Lipinski definition) is 1. The standard InChI is InChI=1S/C8H16N2O4S/c1-7-5-10(4-3-9(7)2)15(13,14)6-8(11)12/h7H,3-6H2,1-2H3,(H,11,12). The van der Waals surface area contributed by atoms with Crippen LogP contribution < -0.4 is 0 Å². The van der Waals surface area contributed by atoms with E-state index < -0.39 is 21.7 Å². The van der Waals surface area contributed by atoms with Crippen molar-refractivity contribution in [3.63, 3.8) is 0 Å². The minimum Gasteiger partial charge on any atom is -0.480 e. The fourth-order valence-corrected chi connectivity index (χ4v) is 2.81. The number of sulfonamides is 1. The summed E-state index contributed by atoms with van der Waals surface area (Å²) in [6.45, 7) is 3.30. The number of rotatable bonds is 3. The molecule has 1 unspecified atom stereocenters. The number of carbonyl (C=O) groups is 1. The van der Waals surface area contributed by atoms with Crippen molar-refractivity contribution < 1.29 is 18.3 Å². The van der Waals surface area contributed by atoms with Crippen LogP contribution in [0.4, 0.5) is 0 Å². The normalized spacial score (nSPS) is 25.3. The molecule has 1 heterocycles. The van der Waals surface area contributed by atoms with E-state index in [1.165, 1.54) is 4.31 Å². The van der Waals surface area contributed by atoms with Crippen LogP contribution in [0.15, 0.2) is 0 Å². The maximum Gasteiger partial charge on any atom is 0.320 e. The molecule has 1 rings (SSSR count). The summed E-state index contributed by atoms with van der Waals surface area (Å²) in [5.41, 5.74) is 0. The Balaban J connectivity index is 2.69. The highest BCUT2D eigenvalue weighted by Crippen LogP contribution is 2.11. The average molecular weight is 236 g/mol. The van der Waals surface area contributed by atoms with Crippen molar-refractivity contribution in [1.29, 1.82) is 0 Å². The van der Waals surface area contributed by atoms with E-state index in [9.17, 15) is 13.2 Å². The van der Waals surface area contributed by atoms with Crippen molar-refractivity contribution in [2.24, 2.45) is 0 Å². The number of likely N-dealkylation sites (N-methyl/N-ethyl adjacent to an activating group) is 1. The monoisotopic (exact) mass is 236 g/mol. The predicted molar refractivity (Wildman–Crippen MR) is 55.1 cm³/mol. The molecular formula is C8H16N2O4S. The van der Waals surface area contributed by atoms with Crippen LogP contribution in [-0.4, -0.2) is 67.2 Å². The number of aliphatic carboxylic acids is 1. The van der Waals surface area contributed by atoms with Gasteiger partial charge in [-0.2, -0.15) is 4.31 Å². The van der Waals surface area contributed by atoms with E-state index in [0.29, 0.717) is 19.6 Å². The first-order chi connectivity index (χ1) is 6.83. The summed E-state index contributed by atoms with van der Waals surface area (Å²) in [5.74, 6) is -2.12. The summed E-state index contributed by atoms with van der Waals surface area (Å²) >= 11 is 0. The maximum absolute atomic E-state index is 11.6. The molecule has 0 aromatic heterocycles. The Kier molecular flexibility index (Phi) is 3.69. The first-order valence-electron chi connectivity index (χ1n) is 4.73. The lowest BCUT2D eigenvalue weighted by Gasteiger charge is -2.36. The van der Waals surface area contributed by atoms with Crippen molar-refractivity contribution >= 4 is 16.0 Å². The molecule has 0 aromatic carbocycles. The highest BCUT2D eigenvalue weighted by Gasteiger charge is 2.30. The largest absolute Gasteiger partial charge is 0.480 e. The summed E-state index contributed by atoms with van der Waals surface area (Å²) in [6.07, 6.45) is 0. The predicted octanol–water partition coefficient (Wildman–Crippen LogP) is -0.963. The number of carboxylic acids is 1. The summed E-state index contributed by atoms with van der Waals surface area (Å²) in [4.78, 5) is 12.4. The van der Waals surface area contributed by atoms with Gasteiger partial charge in [0.15, 0.2) is 5.75 Å². The van der Waals surface area contributed by atoms with E-state index in [0.717, 1.165) is 0 Å². The molecule has 1 aliphatic rings. The van der Waals surface area contributed by atoms with E-state index in [1.54, 1.807) is 0 Å². The average Bonchev–Trinajstić information content (AvgIpc) is 2.07. The van der Waals surface area contributed by atoms with Gasteiger partial charge in [0.2, 0.25) is 10.0 Å². The molecule has 1 saturated heterocycles. The van der Waals surface area contributed by atoms with Crippen molar-refractivity contribution in [2.75, 3.05) is 32.4 Å². The van der Waals surface area contributed by atoms with Gasteiger partial charge < -0.3 is 10.0 Å². The van der Waals surface area contributed by atoms with Gasteiger partial charge >= 0.3 is 5.97 Å². The number of piperazine rings is 1. The molecule has 7 heteroatoms. The third kappa shape index (κ3) is 3.15. The highest BCUT2D eigenvalue weighted by molar-refractivity contribution is 7.89. The molecule has 0 bridgehead atoms. The Morgan fingerprint density at radius 3 is 2.53 bits per heavy atom. The van der Waals surface area contributed by atoms with Gasteiger partial charge in [-0.25, -0.2) is 8.42 Å². The van der Waals surface area contributed by atoms with E-state index in [-0.39, 0.29) is 6.04 Å². The van der Waals surface area contributed by atoms with Crippen LogP contribution in [0, 0.1) is 0 Å². The quantitative estimate of drug-likeness (QED) is 0.682. The van der Waals surface area contributed by atoms with Crippen molar-refractivity contribution in [1.82, 2.24) is 9.21 Å². The molecule has 0 amide bonds. The Morgan fingerprint density at radius 2 is 2.07 bits per heavy atom. The molecular weight excluding hydrogens is 220 g/mol. The van der Waals surface area contributed by atoms with Crippen LogP contribution in [-0.2, 0) is 14.8 Å². The van der Waals surface area contributed by atoms with Crippen LogP contribution in [0.2, 0.25) is 0 Å². The first-order valence-corrected chi connectivity index (χ1v) is 6.33. The van der Waals surface area contributed by atoms with E-state index in [4.69, 9.17) is 5.11 Å². The molecule has 1 aliphatic heterocycles. The van der Waals surface area contributed by atoms with Gasteiger partial charge in [0.25, 0.3) is 0 Å². The van der Waals surface area contributed by atoms with Gasteiger partial charge in [0.1, 0.15) is 0 Å². The lowest BCUT2D eigenvalue weighted by molar-refractivity contribution is -0.134. The van der Waals surface area contributed by atoms with Crippen molar-refractivity contribution in [3.8, 4) is 0 Å². The summed E-state index contributed by atoms with van der Waals surface area (Å²) in [7, 11) is -1.71. The van der Waals surface area contributed by atoms with E-state index in [2.05, 4.69) is 0 Å². The fourth-order valence-electron chi connectivity index (χ4n) is 1.52. The molecule has 1 N–H and O–H groups in total. The summed E-state index contributed by atoms with van der Waals surface area (Å²) in [5, 5.41) is 8.48. The summed E-state index contributed by atoms with van der Waals surface area (Å²) < 4.78 is 24.4. The zero-order chi connectivity index (χ0) is 11.6. The van der Waals surface area contributed by atoms with Gasteiger partial charge in [-0.15, -0.1) is 0 Å². The molecule has 1 atom stereocenters. The van der Waals surface area contributed by atoms with Gasteiger partial charge in [0.05, 0.1) is 0 Å². The second-order valence-electron chi connectivity index (χ2n) is 3.84. The Hall–Kier alpha value is -0.660. The van der Waals surface area contributed by atoms with Crippen LogP contribution >= 0.6 is 0 Å². The third-order valence-corrected chi connectivity index (χ3v) is 4.35. The molecule has 0 saturated carbocycles. The molecule has 0 aliphatic carbocycles. The Labute approximate surface area is 89.5 Å². The van der Waals surface area contributed by atoms with Crippen LogP contribution in [0.25, 0.3) is 0 Å². The zero-order valence-corrected chi connectivity index (χ0v) is 9.70. The van der Waals surface area contributed by atoms with Crippen molar-refractivity contribution in [2.45, 2.75) is 13.0 Å². The Bertz CT molecular complexity index is 341. The number of carboxylic acid groups (broad SMARTS) is 1. The van der Waals surface area contributed by atoms with E-state index >= 15 is 0 Å². The molecule has 0 spiro atoms. The molecule has 88 valence electrons. The zero-order valence-electron chi connectivity index (χ0n) is 8.88. The van der Waals surface area contributed by atoms with Gasteiger partial charge in [0, 0.05) is 25.7 Å². The number of hydrogen-bond acceptors (Lipinski definition) is 4. The van der Waals surface area contributed by atoms with Crippen LogP contribution in [0.1, 0.15) is 6.92 Å². The second kappa shape index (κ2) is 4.46. The minimum absolute atomic E-state index is 0.127. The highest BCUT2D eigenvalue weighted by atomic mass is 32.2.